The quantitative estimate of drug-likeness (QED) is 0.317. The van der Waals surface area contributed by atoms with Gasteiger partial charge in [-0.15, -0.1) is 0 Å². The predicted octanol–water partition coefficient (Wildman–Crippen LogP) is -0.387. The van der Waals surface area contributed by atoms with Crippen LogP contribution >= 0.6 is 0 Å². The molecule has 1 aliphatic rings. The number of hydrogen-bond donors (Lipinski definition) is 6. The lowest BCUT2D eigenvalue weighted by molar-refractivity contribution is -0.141. The molecule has 2 rings (SSSR count). The van der Waals surface area contributed by atoms with Crippen LogP contribution in [0.15, 0.2) is 24.3 Å². The normalized spacial score (nSPS) is 18.0. The molecule has 11 heteroatoms. The highest BCUT2D eigenvalue weighted by Gasteiger charge is 2.23. The van der Waals surface area contributed by atoms with E-state index in [0.717, 1.165) is 19.4 Å². The van der Waals surface area contributed by atoms with Crippen LogP contribution in [0.25, 0.3) is 0 Å². The minimum atomic E-state index is -1.18. The molecular formula is C20H29FN4O6. The number of aliphatic carboxylic acids is 2. The summed E-state index contributed by atoms with van der Waals surface area (Å²) in [5.41, 5.74) is 6.30. The van der Waals surface area contributed by atoms with E-state index in [1.807, 2.05) is 0 Å². The average molecular weight is 440 g/mol. The number of hydrogen-bond acceptors (Lipinski definition) is 6. The van der Waals surface area contributed by atoms with Crippen LogP contribution in [0.4, 0.5) is 4.39 Å². The first-order chi connectivity index (χ1) is 14.5. The summed E-state index contributed by atoms with van der Waals surface area (Å²) in [6.45, 7) is 3.58. The maximum atomic E-state index is 13.1. The Labute approximate surface area is 179 Å². The van der Waals surface area contributed by atoms with Crippen molar-refractivity contribution in [1.29, 1.82) is 0 Å². The van der Waals surface area contributed by atoms with Crippen LogP contribution in [-0.2, 0) is 25.6 Å². The van der Waals surface area contributed by atoms with Crippen molar-refractivity contribution in [3.05, 3.63) is 35.6 Å². The minimum Gasteiger partial charge on any atom is -0.480 e. The van der Waals surface area contributed by atoms with Crippen molar-refractivity contribution in [2.24, 2.45) is 5.73 Å². The Kier molecular flexibility index (Phi) is 10.6. The lowest BCUT2D eigenvalue weighted by Crippen LogP contribution is -2.53. The molecular weight excluding hydrogens is 411 g/mol. The molecule has 1 aliphatic heterocycles. The first-order valence-electron chi connectivity index (χ1n) is 9.81. The zero-order valence-corrected chi connectivity index (χ0v) is 17.4. The molecule has 1 aromatic carbocycles. The number of carboxylic acids is 2. The molecule has 0 saturated carbocycles. The number of carboxylic acid groups (broad SMARTS) is 2. The Bertz CT molecular complexity index is 785. The van der Waals surface area contributed by atoms with E-state index in [1.165, 1.54) is 32.0 Å². The highest BCUT2D eigenvalue weighted by atomic mass is 19.1. The van der Waals surface area contributed by atoms with E-state index < -0.39 is 47.7 Å². The third kappa shape index (κ3) is 9.53. The second kappa shape index (κ2) is 12.6. The molecule has 4 atom stereocenters. The summed E-state index contributed by atoms with van der Waals surface area (Å²) in [6.07, 6.45) is 1.90. The number of halogens is 1. The number of nitrogens with two attached hydrogens (primary N) is 1. The zero-order chi connectivity index (χ0) is 23.6. The molecule has 1 heterocycles. The third-order valence-electron chi connectivity index (χ3n) is 4.52. The highest BCUT2D eigenvalue weighted by Crippen LogP contribution is 2.06. The molecule has 1 saturated heterocycles. The first kappa shape index (κ1) is 26.0. The topological polar surface area (TPSA) is 171 Å². The Morgan fingerprint density at radius 2 is 1.81 bits per heavy atom. The zero-order valence-electron chi connectivity index (χ0n) is 17.4. The average Bonchev–Trinajstić information content (AvgIpc) is 3.23. The Morgan fingerprint density at radius 3 is 2.29 bits per heavy atom. The first-order valence-corrected chi connectivity index (χ1v) is 9.81. The molecule has 0 aliphatic carbocycles. The molecule has 31 heavy (non-hydrogen) atoms. The molecule has 0 aromatic heterocycles. The van der Waals surface area contributed by atoms with Gasteiger partial charge in [0.2, 0.25) is 11.8 Å². The Hall–Kier alpha value is -3.05. The number of amides is 2. The molecule has 0 radical (unpaired) electrons. The largest absolute Gasteiger partial charge is 0.480 e. The van der Waals surface area contributed by atoms with E-state index >= 15 is 0 Å². The second-order valence-corrected chi connectivity index (χ2v) is 7.23. The molecule has 0 spiro atoms. The molecule has 0 unspecified atom stereocenters. The van der Waals surface area contributed by atoms with Gasteiger partial charge in [0.1, 0.15) is 23.9 Å². The van der Waals surface area contributed by atoms with Crippen molar-refractivity contribution in [2.45, 2.75) is 57.3 Å². The number of carbonyl (C=O) groups is 4. The van der Waals surface area contributed by atoms with Crippen molar-refractivity contribution in [3.8, 4) is 0 Å². The van der Waals surface area contributed by atoms with Crippen molar-refractivity contribution < 1.29 is 33.8 Å². The van der Waals surface area contributed by atoms with Gasteiger partial charge in [0.05, 0.1) is 6.04 Å². The number of rotatable bonds is 8. The third-order valence-corrected chi connectivity index (χ3v) is 4.52. The van der Waals surface area contributed by atoms with Gasteiger partial charge >= 0.3 is 11.9 Å². The van der Waals surface area contributed by atoms with Gasteiger partial charge in [-0.2, -0.15) is 0 Å². The standard InChI is InChI=1S/C15H20FN3O4.C5H9NO2/c1-8(13(20)19-9(2)15(22)23)18-14(21)12(17)7-10-4-3-5-11(16)6-10;7-5(8)4-2-1-3-6-4/h3-6,8-9,12H,7,17H2,1-2H3,(H,18,21)(H,19,20)(H,22,23);4,6H,1-3H2,(H,7,8)/t8-,9-,12-;4-/m00/s1. The Balaban J connectivity index is 0.000000500. The minimum absolute atomic E-state index is 0.115. The molecule has 1 fully saturated rings. The summed E-state index contributed by atoms with van der Waals surface area (Å²) in [7, 11) is 0. The van der Waals surface area contributed by atoms with Gasteiger partial charge < -0.3 is 31.9 Å². The summed E-state index contributed by atoms with van der Waals surface area (Å²) in [5, 5.41) is 24.6. The van der Waals surface area contributed by atoms with Crippen molar-refractivity contribution in [3.63, 3.8) is 0 Å². The van der Waals surface area contributed by atoms with Gasteiger partial charge in [-0.3, -0.25) is 19.2 Å². The fourth-order valence-electron chi connectivity index (χ4n) is 2.69. The fraction of sp³-hybridized carbons (Fsp3) is 0.500. The molecule has 7 N–H and O–H groups in total. The lowest BCUT2D eigenvalue weighted by Gasteiger charge is -2.18. The second-order valence-electron chi connectivity index (χ2n) is 7.23. The van der Waals surface area contributed by atoms with Gasteiger partial charge in [-0.25, -0.2) is 4.39 Å². The highest BCUT2D eigenvalue weighted by molar-refractivity contribution is 5.91. The van der Waals surface area contributed by atoms with Crippen LogP contribution in [0, 0.1) is 5.82 Å². The van der Waals surface area contributed by atoms with E-state index in [0.29, 0.717) is 5.56 Å². The van der Waals surface area contributed by atoms with Crippen LogP contribution in [0.5, 0.6) is 0 Å². The van der Waals surface area contributed by atoms with Gasteiger partial charge in [-0.05, 0) is 57.4 Å². The predicted molar refractivity (Wildman–Crippen MR) is 110 cm³/mol. The fourth-order valence-corrected chi connectivity index (χ4v) is 2.69. The van der Waals surface area contributed by atoms with E-state index in [4.69, 9.17) is 15.9 Å². The van der Waals surface area contributed by atoms with Gasteiger partial charge in [0.15, 0.2) is 0 Å². The van der Waals surface area contributed by atoms with E-state index in [9.17, 15) is 23.6 Å². The monoisotopic (exact) mass is 440 g/mol. The van der Waals surface area contributed by atoms with Crippen LogP contribution < -0.4 is 21.7 Å². The molecule has 2 amide bonds. The van der Waals surface area contributed by atoms with Crippen molar-refractivity contribution in [2.75, 3.05) is 6.54 Å². The van der Waals surface area contributed by atoms with Crippen LogP contribution in [0.2, 0.25) is 0 Å². The number of benzene rings is 1. The maximum Gasteiger partial charge on any atom is 0.325 e. The molecule has 1 aromatic rings. The Morgan fingerprint density at radius 1 is 1.16 bits per heavy atom. The smallest absolute Gasteiger partial charge is 0.325 e. The lowest BCUT2D eigenvalue weighted by atomic mass is 10.1. The molecule has 10 nitrogen and oxygen atoms in total. The summed E-state index contributed by atoms with van der Waals surface area (Å²) in [5.74, 6) is -3.54. The van der Waals surface area contributed by atoms with Gasteiger partial charge in [0, 0.05) is 0 Å². The van der Waals surface area contributed by atoms with Gasteiger partial charge in [-0.1, -0.05) is 12.1 Å². The summed E-state index contributed by atoms with van der Waals surface area (Å²) < 4.78 is 13.1. The maximum absolute atomic E-state index is 13.1. The van der Waals surface area contributed by atoms with Crippen LogP contribution in [0.1, 0.15) is 32.3 Å². The van der Waals surface area contributed by atoms with E-state index in [2.05, 4.69) is 16.0 Å². The summed E-state index contributed by atoms with van der Waals surface area (Å²) >= 11 is 0. The molecule has 172 valence electrons. The summed E-state index contributed by atoms with van der Waals surface area (Å²) in [6, 6.07) is 2.48. The van der Waals surface area contributed by atoms with E-state index in [-0.39, 0.29) is 12.5 Å². The molecule has 0 bridgehead atoms. The number of carbonyl (C=O) groups excluding carboxylic acids is 2. The van der Waals surface area contributed by atoms with Crippen molar-refractivity contribution >= 4 is 23.8 Å². The van der Waals surface area contributed by atoms with Crippen molar-refractivity contribution in [1.82, 2.24) is 16.0 Å². The SMILES string of the molecule is C[C@H](NC(=O)[C@H](C)NC(=O)[C@@H](N)Cc1cccc(F)c1)C(=O)O.O=C(O)[C@@H]1CCCN1. The van der Waals surface area contributed by atoms with Crippen LogP contribution in [-0.4, -0.2) is 64.7 Å². The van der Waals surface area contributed by atoms with E-state index in [1.54, 1.807) is 6.07 Å². The van der Waals surface area contributed by atoms with Crippen LogP contribution in [0.3, 0.4) is 0 Å². The van der Waals surface area contributed by atoms with Gasteiger partial charge in [0.25, 0.3) is 0 Å². The number of nitrogens with one attached hydrogen (secondary N) is 3. The summed E-state index contributed by atoms with van der Waals surface area (Å²) in [4.78, 5) is 44.5.